The van der Waals surface area contributed by atoms with Crippen molar-refractivity contribution in [1.29, 1.82) is 0 Å². The van der Waals surface area contributed by atoms with E-state index in [9.17, 15) is 0 Å². The number of aromatic nitrogens is 1. The van der Waals surface area contributed by atoms with E-state index in [4.69, 9.17) is 9.47 Å². The molecule has 0 radical (unpaired) electrons. The molecule has 0 aliphatic carbocycles. The molecule has 10 aromatic rings. The van der Waals surface area contributed by atoms with Crippen molar-refractivity contribution in [3.8, 4) is 39.8 Å². The lowest BCUT2D eigenvalue weighted by Gasteiger charge is -2.35. The summed E-state index contributed by atoms with van der Waals surface area (Å²) in [5, 5.41) is 7.76. The van der Waals surface area contributed by atoms with Gasteiger partial charge in [-0.05, 0) is 61.5 Å². The molecule has 1 aromatic heterocycles. The molecule has 3 heterocycles. The first-order valence-electron chi connectivity index (χ1n) is 20.3. The molecule has 2 aliphatic rings. The van der Waals surface area contributed by atoms with E-state index in [2.05, 4.69) is 223 Å². The number of ether oxygens (including phenoxy) is 2. The fraction of sp³-hybridized carbons (Fsp3) is 0. The van der Waals surface area contributed by atoms with Gasteiger partial charge < -0.3 is 14.0 Å². The van der Waals surface area contributed by atoms with Gasteiger partial charge in [0, 0.05) is 27.9 Å². The van der Waals surface area contributed by atoms with Gasteiger partial charge in [-0.2, -0.15) is 0 Å². The average molecular weight is 770 g/mol. The lowest BCUT2D eigenvalue weighted by atomic mass is 9.34. The number of hydrogen-bond acceptors (Lipinski definition) is 2. The predicted molar refractivity (Wildman–Crippen MR) is 248 cm³/mol. The number of rotatable bonds is 6. The summed E-state index contributed by atoms with van der Waals surface area (Å²) in [6.07, 6.45) is 0. The van der Waals surface area contributed by atoms with Crippen LogP contribution >= 0.6 is 0 Å². The maximum absolute atomic E-state index is 7.21. The maximum Gasteiger partial charge on any atom is 0.260 e. The zero-order valence-electron chi connectivity index (χ0n) is 32.1. The molecule has 9 aromatic carbocycles. The molecule has 0 N–H and O–H groups in total. The van der Waals surface area contributed by atoms with Crippen LogP contribution in [0.15, 0.2) is 218 Å². The minimum atomic E-state index is -2.75. The Labute approximate surface area is 344 Å². The normalized spacial score (nSPS) is 12.6. The van der Waals surface area contributed by atoms with Crippen LogP contribution in [-0.4, -0.2) is 19.4 Å². The standard InChI is InChI=1S/C54H36BNO2Si/c1-4-18-38(19-5-1)59(39-20-6-2-7-21-39,40-22-8-3-9-23-40)41-34-32-37(33-35-41)52-48(56-46-28-14-10-24-42(46)43-25-11-15-29-47(43)56)36-51-53-54(52)58-50-31-17-13-27-45(50)55(53)44-26-12-16-30-49(44)57-51/h1-36H. The molecular weight excluding hydrogens is 733 g/mol. The zero-order valence-corrected chi connectivity index (χ0v) is 33.1. The molecule has 0 atom stereocenters. The molecule has 12 rings (SSSR count). The highest BCUT2D eigenvalue weighted by Crippen LogP contribution is 2.46. The van der Waals surface area contributed by atoms with Crippen molar-refractivity contribution in [3.05, 3.63) is 218 Å². The molecule has 0 amide bonds. The molecule has 0 bridgehead atoms. The van der Waals surface area contributed by atoms with Crippen LogP contribution < -0.4 is 46.6 Å². The Morgan fingerprint density at radius 2 is 0.831 bits per heavy atom. The molecule has 3 nitrogen and oxygen atoms in total. The highest BCUT2D eigenvalue weighted by atomic mass is 28.3. The largest absolute Gasteiger partial charge is 0.458 e. The number of benzene rings is 9. The molecule has 276 valence electrons. The minimum Gasteiger partial charge on any atom is -0.458 e. The molecule has 0 unspecified atom stereocenters. The van der Waals surface area contributed by atoms with Gasteiger partial charge in [0.15, 0.2) is 8.07 Å². The molecule has 0 fully saturated rings. The second-order valence-corrected chi connectivity index (χ2v) is 19.3. The third-order valence-electron chi connectivity index (χ3n) is 12.5. The first-order chi connectivity index (χ1) is 29.3. The average Bonchev–Trinajstić information content (AvgIpc) is 3.65. The van der Waals surface area contributed by atoms with Crippen LogP contribution in [-0.2, 0) is 0 Å². The van der Waals surface area contributed by atoms with E-state index < -0.39 is 8.07 Å². The fourth-order valence-electron chi connectivity index (χ4n) is 10.0. The monoisotopic (exact) mass is 769 g/mol. The van der Waals surface area contributed by atoms with Gasteiger partial charge in [0.25, 0.3) is 6.71 Å². The van der Waals surface area contributed by atoms with Crippen LogP contribution in [0.2, 0.25) is 0 Å². The highest BCUT2D eigenvalue weighted by Gasteiger charge is 2.44. The van der Waals surface area contributed by atoms with Crippen molar-refractivity contribution in [2.75, 3.05) is 0 Å². The quantitative estimate of drug-likeness (QED) is 0.125. The SMILES string of the molecule is c1ccc([Si](c2ccccc2)(c2ccccc2)c2ccc(-c3c(-n4c5ccccc5c5ccccc54)cc4c5c3Oc3ccccc3B5c3ccccc3O4)cc2)cc1. The summed E-state index contributed by atoms with van der Waals surface area (Å²) in [6, 6.07) is 79.4. The van der Waals surface area contributed by atoms with Crippen molar-refractivity contribution < 1.29 is 9.47 Å². The van der Waals surface area contributed by atoms with E-state index in [-0.39, 0.29) is 6.71 Å². The van der Waals surface area contributed by atoms with Crippen molar-refractivity contribution >= 4 is 73.7 Å². The Hall–Kier alpha value is -7.34. The summed E-state index contributed by atoms with van der Waals surface area (Å²) in [5.74, 6) is 3.40. The van der Waals surface area contributed by atoms with E-state index in [0.717, 1.165) is 67.2 Å². The summed E-state index contributed by atoms with van der Waals surface area (Å²) in [6.45, 7) is -0.0468. The van der Waals surface area contributed by atoms with Gasteiger partial charge in [-0.15, -0.1) is 0 Å². The van der Waals surface area contributed by atoms with Crippen LogP contribution in [0.25, 0.3) is 38.6 Å². The lowest BCUT2D eigenvalue weighted by Crippen LogP contribution is -2.74. The van der Waals surface area contributed by atoms with Gasteiger partial charge in [0.1, 0.15) is 23.0 Å². The van der Waals surface area contributed by atoms with Crippen LogP contribution in [0.1, 0.15) is 0 Å². The molecule has 0 spiro atoms. The van der Waals surface area contributed by atoms with Crippen LogP contribution in [0.5, 0.6) is 23.0 Å². The number of fused-ring (bicyclic) bond motifs is 7. The first-order valence-corrected chi connectivity index (χ1v) is 22.3. The first kappa shape index (κ1) is 33.8. The molecule has 0 saturated carbocycles. The molecule has 59 heavy (non-hydrogen) atoms. The predicted octanol–water partition coefficient (Wildman–Crippen LogP) is 8.56. The van der Waals surface area contributed by atoms with E-state index >= 15 is 0 Å². The van der Waals surface area contributed by atoms with E-state index in [1.54, 1.807) is 0 Å². The minimum absolute atomic E-state index is 0.0468. The van der Waals surface area contributed by atoms with Crippen LogP contribution in [0, 0.1) is 0 Å². The molecule has 5 heteroatoms. The molecular formula is C54H36BNO2Si. The van der Waals surface area contributed by atoms with Crippen molar-refractivity contribution in [1.82, 2.24) is 4.57 Å². The lowest BCUT2D eigenvalue weighted by molar-refractivity contribution is 0.465. The van der Waals surface area contributed by atoms with E-state index in [1.165, 1.54) is 31.5 Å². The maximum atomic E-state index is 7.21. The Morgan fingerprint density at radius 3 is 1.37 bits per heavy atom. The van der Waals surface area contributed by atoms with Gasteiger partial charge in [-0.3, -0.25) is 0 Å². The summed E-state index contributed by atoms with van der Waals surface area (Å²) >= 11 is 0. The summed E-state index contributed by atoms with van der Waals surface area (Å²) in [5.41, 5.74) is 8.75. The number of para-hydroxylation sites is 4. The number of hydrogen-bond donors (Lipinski definition) is 0. The zero-order chi connectivity index (χ0) is 38.9. The Kier molecular flexibility index (Phi) is 7.65. The highest BCUT2D eigenvalue weighted by molar-refractivity contribution is 7.19. The van der Waals surface area contributed by atoms with Crippen molar-refractivity contribution in [2.45, 2.75) is 0 Å². The molecule has 2 aliphatic heterocycles. The Balaban J connectivity index is 1.17. The van der Waals surface area contributed by atoms with E-state index in [1.807, 2.05) is 0 Å². The van der Waals surface area contributed by atoms with Crippen molar-refractivity contribution in [2.24, 2.45) is 0 Å². The second kappa shape index (κ2) is 13.4. The Bertz CT molecular complexity index is 3060. The molecule has 0 saturated heterocycles. The number of nitrogens with zero attached hydrogens (tertiary/aromatic N) is 1. The third-order valence-corrected chi connectivity index (χ3v) is 17.3. The Morgan fingerprint density at radius 1 is 0.390 bits per heavy atom. The third kappa shape index (κ3) is 5.02. The van der Waals surface area contributed by atoms with Crippen LogP contribution in [0.4, 0.5) is 0 Å². The summed E-state index contributed by atoms with van der Waals surface area (Å²) < 4.78 is 16.5. The van der Waals surface area contributed by atoms with Gasteiger partial charge >= 0.3 is 0 Å². The van der Waals surface area contributed by atoms with Crippen molar-refractivity contribution in [3.63, 3.8) is 0 Å². The van der Waals surface area contributed by atoms with Gasteiger partial charge in [-0.25, -0.2) is 0 Å². The van der Waals surface area contributed by atoms with Crippen LogP contribution in [0.3, 0.4) is 0 Å². The fourth-order valence-corrected chi connectivity index (χ4v) is 14.8. The second-order valence-electron chi connectivity index (χ2n) is 15.5. The summed E-state index contributed by atoms with van der Waals surface area (Å²) in [4.78, 5) is 0. The topological polar surface area (TPSA) is 23.4 Å². The summed E-state index contributed by atoms with van der Waals surface area (Å²) in [7, 11) is -2.75. The van der Waals surface area contributed by atoms with E-state index in [0.29, 0.717) is 0 Å². The van der Waals surface area contributed by atoms with Gasteiger partial charge in [0.05, 0.1) is 16.7 Å². The smallest absolute Gasteiger partial charge is 0.260 e. The van der Waals surface area contributed by atoms with Gasteiger partial charge in [0.2, 0.25) is 0 Å². The van der Waals surface area contributed by atoms with Gasteiger partial charge in [-0.1, -0.05) is 188 Å².